The van der Waals surface area contributed by atoms with Crippen LogP contribution in [0.5, 0.6) is 0 Å². The Morgan fingerprint density at radius 1 is 1.47 bits per heavy atom. The van der Waals surface area contributed by atoms with Gasteiger partial charge in [-0.2, -0.15) is 0 Å². The smallest absolute Gasteiger partial charge is 0.333 e. The highest BCUT2D eigenvalue weighted by atomic mass is 16.4. The average molecular weight is 203 g/mol. The molecule has 0 saturated carbocycles. The van der Waals surface area contributed by atoms with Gasteiger partial charge in [0.15, 0.2) is 0 Å². The lowest BCUT2D eigenvalue weighted by atomic mass is 10.0. The number of aliphatic carboxylic acids is 1. The largest absolute Gasteiger partial charge is 0.478 e. The molecule has 2 rings (SSSR count). The first-order valence-corrected chi connectivity index (χ1v) is 5.00. The molecule has 0 aliphatic carbocycles. The summed E-state index contributed by atoms with van der Waals surface area (Å²) in [4.78, 5) is 13.0. The summed E-state index contributed by atoms with van der Waals surface area (Å²) in [7, 11) is 0. The predicted molar refractivity (Wildman–Crippen MR) is 59.9 cm³/mol. The van der Waals surface area contributed by atoms with Crippen LogP contribution in [0, 0.1) is 0 Å². The molecule has 1 aliphatic heterocycles. The maximum absolute atomic E-state index is 10.9. The van der Waals surface area contributed by atoms with Crippen molar-refractivity contribution >= 4 is 17.7 Å². The first-order valence-electron chi connectivity index (χ1n) is 5.00. The summed E-state index contributed by atoms with van der Waals surface area (Å²) in [5.74, 6) is -0.831. The summed E-state index contributed by atoms with van der Waals surface area (Å²) in [6, 6.07) is 7.86. The molecule has 0 unspecified atom stereocenters. The number of likely N-dealkylation sites (N-methyl/N-ethyl adjacent to an activating group) is 1. The molecule has 1 aromatic rings. The summed E-state index contributed by atoms with van der Waals surface area (Å²) in [6.07, 6.45) is 1.75. The molecule has 1 N–H and O–H groups in total. The fraction of sp³-hybridized carbons (Fsp3) is 0.250. The zero-order valence-electron chi connectivity index (χ0n) is 8.60. The minimum atomic E-state index is -0.831. The lowest BCUT2D eigenvalue weighted by Gasteiger charge is -2.28. The van der Waals surface area contributed by atoms with Crippen molar-refractivity contribution in [3.8, 4) is 0 Å². The number of carboxylic acid groups (broad SMARTS) is 1. The topological polar surface area (TPSA) is 40.5 Å². The van der Waals surface area contributed by atoms with Crippen molar-refractivity contribution in [1.29, 1.82) is 0 Å². The first-order chi connectivity index (χ1) is 7.22. The molecule has 1 heterocycles. The van der Waals surface area contributed by atoms with Gasteiger partial charge in [0.25, 0.3) is 0 Å². The van der Waals surface area contributed by atoms with Gasteiger partial charge in [0.1, 0.15) is 0 Å². The molecule has 0 bridgehead atoms. The minimum absolute atomic E-state index is 0.454. The number of carboxylic acids is 1. The number of para-hydroxylation sites is 1. The van der Waals surface area contributed by atoms with Crippen molar-refractivity contribution < 1.29 is 9.90 Å². The maximum Gasteiger partial charge on any atom is 0.333 e. The summed E-state index contributed by atoms with van der Waals surface area (Å²) in [6.45, 7) is 3.34. The van der Waals surface area contributed by atoms with E-state index in [4.69, 9.17) is 5.11 Å². The molecule has 0 saturated heterocycles. The third kappa shape index (κ3) is 1.73. The van der Waals surface area contributed by atoms with Crippen molar-refractivity contribution in [3.63, 3.8) is 0 Å². The van der Waals surface area contributed by atoms with Crippen LogP contribution in [-0.4, -0.2) is 24.2 Å². The van der Waals surface area contributed by atoms with Crippen molar-refractivity contribution in [3.05, 3.63) is 35.4 Å². The van der Waals surface area contributed by atoms with Crippen LogP contribution in [-0.2, 0) is 4.79 Å². The fourth-order valence-corrected chi connectivity index (χ4v) is 1.83. The molecule has 0 amide bonds. The summed E-state index contributed by atoms with van der Waals surface area (Å²) in [5.41, 5.74) is 2.56. The summed E-state index contributed by atoms with van der Waals surface area (Å²) in [5, 5.41) is 8.98. The van der Waals surface area contributed by atoms with E-state index in [1.165, 1.54) is 0 Å². The molecule has 15 heavy (non-hydrogen) atoms. The standard InChI is InChI=1S/C12H13NO2/c1-2-13-8-10(12(14)15)7-9-5-3-4-6-11(9)13/h3-7H,2,8H2,1H3,(H,14,15). The third-order valence-electron chi connectivity index (χ3n) is 2.62. The molecule has 0 fully saturated rings. The zero-order valence-corrected chi connectivity index (χ0v) is 8.60. The Hall–Kier alpha value is -1.77. The van der Waals surface area contributed by atoms with Gasteiger partial charge in [0.05, 0.1) is 12.1 Å². The molecule has 0 atom stereocenters. The summed E-state index contributed by atoms with van der Waals surface area (Å²) >= 11 is 0. The number of carbonyl (C=O) groups is 1. The van der Waals surface area contributed by atoms with E-state index in [1.54, 1.807) is 6.08 Å². The highest BCUT2D eigenvalue weighted by molar-refractivity contribution is 5.96. The van der Waals surface area contributed by atoms with Crippen molar-refractivity contribution in [2.75, 3.05) is 18.0 Å². The average Bonchev–Trinajstić information content (AvgIpc) is 2.27. The Balaban J connectivity index is 2.48. The van der Waals surface area contributed by atoms with Crippen LogP contribution in [0.25, 0.3) is 6.08 Å². The Labute approximate surface area is 88.6 Å². The van der Waals surface area contributed by atoms with E-state index in [1.807, 2.05) is 31.2 Å². The molecular formula is C12H13NO2. The fourth-order valence-electron chi connectivity index (χ4n) is 1.83. The highest BCUT2D eigenvalue weighted by Crippen LogP contribution is 2.27. The molecule has 1 aliphatic rings. The van der Waals surface area contributed by atoms with Crippen molar-refractivity contribution in [2.24, 2.45) is 0 Å². The molecule has 0 spiro atoms. The maximum atomic E-state index is 10.9. The molecular weight excluding hydrogens is 190 g/mol. The van der Waals surface area contributed by atoms with Crippen molar-refractivity contribution in [2.45, 2.75) is 6.92 Å². The van der Waals surface area contributed by atoms with Gasteiger partial charge in [-0.25, -0.2) is 4.79 Å². The Kier molecular flexibility index (Phi) is 2.46. The normalized spacial score (nSPS) is 14.5. The van der Waals surface area contributed by atoms with Gasteiger partial charge < -0.3 is 10.0 Å². The number of fused-ring (bicyclic) bond motifs is 1. The molecule has 1 aromatic carbocycles. The SMILES string of the molecule is CCN1CC(C(=O)O)=Cc2ccccc21. The van der Waals surface area contributed by atoms with Crippen LogP contribution >= 0.6 is 0 Å². The van der Waals surface area contributed by atoms with Gasteiger partial charge in [-0.1, -0.05) is 18.2 Å². The van der Waals surface area contributed by atoms with E-state index >= 15 is 0 Å². The number of benzene rings is 1. The molecule has 0 radical (unpaired) electrons. The highest BCUT2D eigenvalue weighted by Gasteiger charge is 2.19. The van der Waals surface area contributed by atoms with Crippen LogP contribution in [0.4, 0.5) is 5.69 Å². The van der Waals surface area contributed by atoms with E-state index < -0.39 is 5.97 Å². The van der Waals surface area contributed by atoms with E-state index in [-0.39, 0.29) is 0 Å². The van der Waals surface area contributed by atoms with Crippen molar-refractivity contribution in [1.82, 2.24) is 0 Å². The second-order valence-corrected chi connectivity index (χ2v) is 3.55. The molecule has 3 heteroatoms. The second kappa shape index (κ2) is 3.77. The minimum Gasteiger partial charge on any atom is -0.478 e. The monoisotopic (exact) mass is 203 g/mol. The first kappa shape index (κ1) is 9.77. The van der Waals surface area contributed by atoms with E-state index in [0.717, 1.165) is 17.8 Å². The van der Waals surface area contributed by atoms with Gasteiger partial charge in [-0.05, 0) is 24.6 Å². The number of rotatable bonds is 2. The second-order valence-electron chi connectivity index (χ2n) is 3.55. The lowest BCUT2D eigenvalue weighted by molar-refractivity contribution is -0.132. The van der Waals surface area contributed by atoms with Gasteiger partial charge in [0, 0.05) is 12.2 Å². The Bertz CT molecular complexity index is 423. The summed E-state index contributed by atoms with van der Waals surface area (Å²) < 4.78 is 0. The van der Waals surface area contributed by atoms with E-state index in [0.29, 0.717) is 12.1 Å². The Morgan fingerprint density at radius 3 is 2.87 bits per heavy atom. The number of nitrogens with zero attached hydrogens (tertiary/aromatic N) is 1. The quantitative estimate of drug-likeness (QED) is 0.799. The van der Waals surface area contributed by atoms with Gasteiger partial charge in [0.2, 0.25) is 0 Å². The van der Waals surface area contributed by atoms with Crippen LogP contribution in [0.3, 0.4) is 0 Å². The lowest BCUT2D eigenvalue weighted by Crippen LogP contribution is -2.30. The van der Waals surface area contributed by atoms with Crippen LogP contribution < -0.4 is 4.90 Å². The van der Waals surface area contributed by atoms with Gasteiger partial charge in [-0.3, -0.25) is 0 Å². The zero-order chi connectivity index (χ0) is 10.8. The van der Waals surface area contributed by atoms with Gasteiger partial charge >= 0.3 is 5.97 Å². The number of anilines is 1. The number of hydrogen-bond donors (Lipinski definition) is 1. The van der Waals surface area contributed by atoms with E-state index in [9.17, 15) is 4.79 Å². The molecule has 78 valence electrons. The predicted octanol–water partition coefficient (Wildman–Crippen LogP) is 1.99. The van der Waals surface area contributed by atoms with Crippen LogP contribution in [0.15, 0.2) is 29.8 Å². The Morgan fingerprint density at radius 2 is 2.20 bits per heavy atom. The van der Waals surface area contributed by atoms with Crippen LogP contribution in [0.1, 0.15) is 12.5 Å². The van der Waals surface area contributed by atoms with Gasteiger partial charge in [-0.15, -0.1) is 0 Å². The van der Waals surface area contributed by atoms with E-state index in [2.05, 4.69) is 4.90 Å². The third-order valence-corrected chi connectivity index (χ3v) is 2.62. The van der Waals surface area contributed by atoms with Crippen LogP contribution in [0.2, 0.25) is 0 Å². The molecule has 0 aromatic heterocycles. The number of hydrogen-bond acceptors (Lipinski definition) is 2. The molecule has 3 nitrogen and oxygen atoms in total.